The topological polar surface area (TPSA) is 59.6 Å². The molecule has 0 radical (unpaired) electrons. The van der Waals surface area contributed by atoms with Crippen LogP contribution in [0.4, 0.5) is 5.69 Å². The van der Waals surface area contributed by atoms with Crippen molar-refractivity contribution < 1.29 is 14.3 Å². The van der Waals surface area contributed by atoms with Crippen molar-refractivity contribution in [3.05, 3.63) is 18.2 Å². The summed E-state index contributed by atoms with van der Waals surface area (Å²) in [6.07, 6.45) is 3.11. The average molecular weight is 264 g/mol. The van der Waals surface area contributed by atoms with Gasteiger partial charge in [-0.25, -0.2) is 0 Å². The first-order chi connectivity index (χ1) is 9.22. The molecule has 0 bridgehead atoms. The fourth-order valence-corrected chi connectivity index (χ4v) is 2.18. The fraction of sp³-hybridized carbons (Fsp3) is 0.500. The molecule has 0 aromatic heterocycles. The lowest BCUT2D eigenvalue weighted by molar-refractivity contribution is -0.118. The van der Waals surface area contributed by atoms with E-state index in [-0.39, 0.29) is 11.9 Å². The van der Waals surface area contributed by atoms with Crippen LogP contribution in [-0.4, -0.2) is 32.7 Å². The Labute approximate surface area is 113 Å². The molecule has 1 saturated heterocycles. The Morgan fingerprint density at radius 3 is 2.42 bits per heavy atom. The van der Waals surface area contributed by atoms with Crippen LogP contribution in [0.3, 0.4) is 0 Å². The molecular formula is C14H20N2O3. The van der Waals surface area contributed by atoms with Crippen LogP contribution in [0, 0.1) is 0 Å². The van der Waals surface area contributed by atoms with E-state index in [2.05, 4.69) is 10.6 Å². The van der Waals surface area contributed by atoms with Crippen LogP contribution in [0.2, 0.25) is 0 Å². The van der Waals surface area contributed by atoms with Gasteiger partial charge in [-0.2, -0.15) is 0 Å². The van der Waals surface area contributed by atoms with Gasteiger partial charge in [-0.05, 0) is 19.4 Å². The van der Waals surface area contributed by atoms with E-state index in [1.54, 1.807) is 32.4 Å². The summed E-state index contributed by atoms with van der Waals surface area (Å²) < 4.78 is 10.4. The minimum Gasteiger partial charge on any atom is -0.497 e. The Morgan fingerprint density at radius 1 is 1.21 bits per heavy atom. The first-order valence-electron chi connectivity index (χ1n) is 6.50. The number of anilines is 1. The zero-order valence-corrected chi connectivity index (χ0v) is 11.4. The Balaban J connectivity index is 2.06. The normalized spacial score (nSPS) is 18.7. The number of benzene rings is 1. The Bertz CT molecular complexity index is 420. The summed E-state index contributed by atoms with van der Waals surface area (Å²) >= 11 is 0. The monoisotopic (exact) mass is 264 g/mol. The summed E-state index contributed by atoms with van der Waals surface area (Å²) in [5.74, 6) is 1.31. The van der Waals surface area contributed by atoms with Gasteiger partial charge >= 0.3 is 0 Å². The third-order valence-electron chi connectivity index (χ3n) is 3.25. The smallest absolute Gasteiger partial charge is 0.241 e. The quantitative estimate of drug-likeness (QED) is 0.870. The largest absolute Gasteiger partial charge is 0.497 e. The average Bonchev–Trinajstić information content (AvgIpc) is 2.47. The maximum absolute atomic E-state index is 12.1. The molecule has 2 N–H and O–H groups in total. The number of carbonyl (C=O) groups is 1. The van der Waals surface area contributed by atoms with E-state index < -0.39 is 0 Å². The number of hydrogen-bond acceptors (Lipinski definition) is 4. The molecule has 1 aliphatic rings. The Hall–Kier alpha value is -1.75. The first-order valence-corrected chi connectivity index (χ1v) is 6.50. The highest BCUT2D eigenvalue weighted by Crippen LogP contribution is 2.26. The molecule has 19 heavy (non-hydrogen) atoms. The lowest BCUT2D eigenvalue weighted by atomic mass is 10.0. The lowest BCUT2D eigenvalue weighted by Crippen LogP contribution is -2.43. The molecule has 0 saturated carbocycles. The number of amides is 1. The minimum absolute atomic E-state index is 0.00462. The summed E-state index contributed by atoms with van der Waals surface area (Å²) in [6.45, 7) is 0.902. The van der Waals surface area contributed by atoms with Crippen LogP contribution in [0.5, 0.6) is 11.5 Å². The second-order valence-electron chi connectivity index (χ2n) is 4.59. The molecule has 0 aliphatic carbocycles. The van der Waals surface area contributed by atoms with E-state index in [0.29, 0.717) is 17.2 Å². The summed E-state index contributed by atoms with van der Waals surface area (Å²) in [4.78, 5) is 12.1. The highest BCUT2D eigenvalue weighted by atomic mass is 16.5. The van der Waals surface area contributed by atoms with Crippen molar-refractivity contribution in [2.24, 2.45) is 0 Å². The predicted molar refractivity (Wildman–Crippen MR) is 73.8 cm³/mol. The maximum Gasteiger partial charge on any atom is 0.241 e. The maximum atomic E-state index is 12.1. The number of methoxy groups -OCH3 is 2. The molecular weight excluding hydrogens is 244 g/mol. The third kappa shape index (κ3) is 3.61. The van der Waals surface area contributed by atoms with E-state index in [1.807, 2.05) is 0 Å². The van der Waals surface area contributed by atoms with E-state index in [4.69, 9.17) is 9.47 Å². The van der Waals surface area contributed by atoms with Crippen LogP contribution < -0.4 is 20.1 Å². The van der Waals surface area contributed by atoms with Gasteiger partial charge < -0.3 is 20.1 Å². The highest BCUT2D eigenvalue weighted by molar-refractivity contribution is 5.95. The molecule has 5 nitrogen and oxygen atoms in total. The van der Waals surface area contributed by atoms with Crippen LogP contribution >= 0.6 is 0 Å². The third-order valence-corrected chi connectivity index (χ3v) is 3.25. The summed E-state index contributed by atoms with van der Waals surface area (Å²) in [7, 11) is 3.17. The molecule has 1 atom stereocenters. The van der Waals surface area contributed by atoms with Gasteiger partial charge in [-0.3, -0.25) is 4.79 Å². The number of hydrogen-bond donors (Lipinski definition) is 2. The zero-order valence-electron chi connectivity index (χ0n) is 11.4. The molecule has 1 aliphatic heterocycles. The molecule has 1 heterocycles. The van der Waals surface area contributed by atoms with E-state index in [0.717, 1.165) is 25.8 Å². The number of nitrogens with one attached hydrogen (secondary N) is 2. The second kappa shape index (κ2) is 6.43. The van der Waals surface area contributed by atoms with Crippen molar-refractivity contribution in [3.63, 3.8) is 0 Å². The lowest BCUT2D eigenvalue weighted by Gasteiger charge is -2.22. The Morgan fingerprint density at radius 2 is 1.89 bits per heavy atom. The predicted octanol–water partition coefficient (Wildman–Crippen LogP) is 1.78. The molecule has 5 heteroatoms. The van der Waals surface area contributed by atoms with E-state index >= 15 is 0 Å². The van der Waals surface area contributed by atoms with Crippen LogP contribution in [-0.2, 0) is 4.79 Å². The van der Waals surface area contributed by atoms with Gasteiger partial charge in [0.15, 0.2) is 0 Å². The molecule has 2 rings (SSSR count). The number of carbonyl (C=O) groups excluding carboxylic acids is 1. The SMILES string of the molecule is COc1cc(NC(=O)C2CCCCN2)cc(OC)c1. The van der Waals surface area contributed by atoms with Crippen LogP contribution in [0.25, 0.3) is 0 Å². The second-order valence-corrected chi connectivity index (χ2v) is 4.59. The van der Waals surface area contributed by atoms with Gasteiger partial charge in [0.2, 0.25) is 5.91 Å². The van der Waals surface area contributed by atoms with Gasteiger partial charge in [0.05, 0.1) is 20.3 Å². The van der Waals surface area contributed by atoms with Crippen molar-refractivity contribution in [1.29, 1.82) is 0 Å². The van der Waals surface area contributed by atoms with Crippen molar-refractivity contribution >= 4 is 11.6 Å². The fourth-order valence-electron chi connectivity index (χ4n) is 2.18. The van der Waals surface area contributed by atoms with Gasteiger partial charge in [-0.15, -0.1) is 0 Å². The van der Waals surface area contributed by atoms with Crippen molar-refractivity contribution in [1.82, 2.24) is 5.32 Å². The van der Waals surface area contributed by atoms with Crippen molar-refractivity contribution in [2.45, 2.75) is 25.3 Å². The minimum atomic E-state index is -0.106. The summed E-state index contributed by atoms with van der Waals surface area (Å²) in [5.41, 5.74) is 0.688. The molecule has 104 valence electrons. The van der Waals surface area contributed by atoms with Crippen molar-refractivity contribution in [2.75, 3.05) is 26.1 Å². The van der Waals surface area contributed by atoms with Crippen LogP contribution in [0.1, 0.15) is 19.3 Å². The number of ether oxygens (including phenoxy) is 2. The summed E-state index contributed by atoms with van der Waals surface area (Å²) in [5, 5.41) is 6.12. The zero-order chi connectivity index (χ0) is 13.7. The highest BCUT2D eigenvalue weighted by Gasteiger charge is 2.20. The van der Waals surface area contributed by atoms with Crippen molar-refractivity contribution in [3.8, 4) is 11.5 Å². The van der Waals surface area contributed by atoms with Crippen LogP contribution in [0.15, 0.2) is 18.2 Å². The van der Waals surface area contributed by atoms with E-state index in [9.17, 15) is 4.79 Å². The summed E-state index contributed by atoms with van der Waals surface area (Å²) in [6, 6.07) is 5.23. The molecule has 1 fully saturated rings. The standard InChI is InChI=1S/C14H20N2O3/c1-18-11-7-10(8-12(9-11)19-2)16-14(17)13-5-3-4-6-15-13/h7-9,13,15H,3-6H2,1-2H3,(H,16,17). The van der Waals surface area contributed by atoms with Gasteiger partial charge in [0, 0.05) is 23.9 Å². The molecule has 1 unspecified atom stereocenters. The van der Waals surface area contributed by atoms with Gasteiger partial charge in [0.25, 0.3) is 0 Å². The molecule has 1 amide bonds. The number of piperidine rings is 1. The first kappa shape index (κ1) is 13.7. The van der Waals surface area contributed by atoms with E-state index in [1.165, 1.54) is 0 Å². The molecule has 0 spiro atoms. The molecule has 1 aromatic carbocycles. The Kier molecular flexibility index (Phi) is 4.63. The molecule has 1 aromatic rings. The van der Waals surface area contributed by atoms with Gasteiger partial charge in [0.1, 0.15) is 11.5 Å². The number of rotatable bonds is 4. The van der Waals surface area contributed by atoms with Gasteiger partial charge in [-0.1, -0.05) is 6.42 Å².